The highest BCUT2D eigenvalue weighted by Gasteiger charge is 2.18. The van der Waals surface area contributed by atoms with Crippen LogP contribution in [-0.4, -0.2) is 4.57 Å². The highest BCUT2D eigenvalue weighted by Crippen LogP contribution is 2.44. The molecule has 214 valence electrons. The zero-order chi connectivity index (χ0) is 30.2. The van der Waals surface area contributed by atoms with Crippen LogP contribution in [0.15, 0.2) is 168 Å². The average molecular weight is 586 g/mol. The Kier molecular flexibility index (Phi) is 5.31. The molecule has 0 aliphatic rings. The van der Waals surface area contributed by atoms with Crippen LogP contribution in [-0.2, 0) is 0 Å². The van der Waals surface area contributed by atoms with E-state index >= 15 is 0 Å². The van der Waals surface area contributed by atoms with Gasteiger partial charge >= 0.3 is 0 Å². The van der Waals surface area contributed by atoms with Crippen LogP contribution >= 0.6 is 0 Å². The molecule has 0 unspecified atom stereocenters. The first-order valence-electron chi connectivity index (χ1n) is 15.8. The molecule has 8 aromatic carbocycles. The summed E-state index contributed by atoms with van der Waals surface area (Å²) in [4.78, 5) is 0. The fourth-order valence-electron chi connectivity index (χ4n) is 7.60. The standard InChI is InChI=1S/C44H27NO/c1-2-12-28(13-3-1)43-33-16-4-6-18-35(33)44(36-19-7-5-17-34(36)43)29-22-24-30(25-23-29)45-39-20-10-8-14-31(39)37-26-38-32-15-9-11-21-41(32)46-42(38)27-40(37)45/h1-27H. The van der Waals surface area contributed by atoms with Gasteiger partial charge in [0, 0.05) is 33.3 Å². The molecule has 2 heterocycles. The molecular formula is C44H27NO. The molecule has 10 aromatic rings. The van der Waals surface area contributed by atoms with Crippen molar-refractivity contribution in [1.29, 1.82) is 0 Å². The van der Waals surface area contributed by atoms with E-state index in [1.165, 1.54) is 60.1 Å². The summed E-state index contributed by atoms with van der Waals surface area (Å²) in [5, 5.41) is 9.83. The van der Waals surface area contributed by atoms with E-state index in [4.69, 9.17) is 4.42 Å². The Morgan fingerprint density at radius 1 is 0.326 bits per heavy atom. The molecule has 46 heavy (non-hydrogen) atoms. The lowest BCUT2D eigenvalue weighted by Gasteiger charge is -2.18. The molecule has 0 bridgehead atoms. The molecule has 0 N–H and O–H groups in total. The number of aromatic nitrogens is 1. The van der Waals surface area contributed by atoms with E-state index in [2.05, 4.69) is 156 Å². The van der Waals surface area contributed by atoms with E-state index in [0.29, 0.717) is 0 Å². The predicted octanol–water partition coefficient (Wildman–Crippen LogP) is 12.3. The molecule has 2 aromatic heterocycles. The molecule has 0 saturated heterocycles. The fourth-order valence-corrected chi connectivity index (χ4v) is 7.60. The van der Waals surface area contributed by atoms with Gasteiger partial charge in [-0.15, -0.1) is 0 Å². The van der Waals surface area contributed by atoms with Gasteiger partial charge in [0.15, 0.2) is 0 Å². The Bertz CT molecular complexity index is 2730. The highest BCUT2D eigenvalue weighted by molar-refractivity contribution is 6.21. The van der Waals surface area contributed by atoms with Gasteiger partial charge in [-0.05, 0) is 74.1 Å². The molecular weight excluding hydrogens is 558 g/mol. The van der Waals surface area contributed by atoms with Crippen molar-refractivity contribution in [3.05, 3.63) is 164 Å². The van der Waals surface area contributed by atoms with Crippen LogP contribution < -0.4 is 0 Å². The Hall–Kier alpha value is -6.12. The van der Waals surface area contributed by atoms with E-state index in [-0.39, 0.29) is 0 Å². The minimum atomic E-state index is 0.908. The first-order chi connectivity index (χ1) is 22.8. The maximum absolute atomic E-state index is 6.33. The van der Waals surface area contributed by atoms with Crippen LogP contribution in [0.2, 0.25) is 0 Å². The monoisotopic (exact) mass is 585 g/mol. The van der Waals surface area contributed by atoms with Crippen molar-refractivity contribution in [2.24, 2.45) is 0 Å². The van der Waals surface area contributed by atoms with Crippen molar-refractivity contribution in [1.82, 2.24) is 4.57 Å². The van der Waals surface area contributed by atoms with Crippen LogP contribution in [0.5, 0.6) is 0 Å². The second-order valence-corrected chi connectivity index (χ2v) is 12.1. The third-order valence-corrected chi connectivity index (χ3v) is 9.58. The smallest absolute Gasteiger partial charge is 0.137 e. The number of fused-ring (bicyclic) bond motifs is 8. The van der Waals surface area contributed by atoms with E-state index in [0.717, 1.165) is 33.1 Å². The number of hydrogen-bond acceptors (Lipinski definition) is 1. The second kappa shape index (κ2) is 9.69. The van der Waals surface area contributed by atoms with Gasteiger partial charge in [0.2, 0.25) is 0 Å². The predicted molar refractivity (Wildman–Crippen MR) is 194 cm³/mol. The van der Waals surface area contributed by atoms with Crippen molar-refractivity contribution in [2.75, 3.05) is 0 Å². The normalized spacial score (nSPS) is 11.9. The zero-order valence-electron chi connectivity index (χ0n) is 24.9. The van der Waals surface area contributed by atoms with E-state index in [1.54, 1.807) is 0 Å². The Morgan fingerprint density at radius 2 is 0.848 bits per heavy atom. The van der Waals surface area contributed by atoms with Crippen LogP contribution in [0.4, 0.5) is 0 Å². The number of nitrogens with zero attached hydrogens (tertiary/aromatic N) is 1. The zero-order valence-corrected chi connectivity index (χ0v) is 24.9. The molecule has 0 spiro atoms. The lowest BCUT2D eigenvalue weighted by molar-refractivity contribution is 0.669. The molecule has 10 rings (SSSR count). The largest absolute Gasteiger partial charge is 0.456 e. The lowest BCUT2D eigenvalue weighted by atomic mass is 9.86. The molecule has 0 aliphatic carbocycles. The highest BCUT2D eigenvalue weighted by atomic mass is 16.3. The topological polar surface area (TPSA) is 18.1 Å². The van der Waals surface area contributed by atoms with Crippen molar-refractivity contribution < 1.29 is 4.42 Å². The van der Waals surface area contributed by atoms with Gasteiger partial charge in [-0.2, -0.15) is 0 Å². The quantitative estimate of drug-likeness (QED) is 0.189. The van der Waals surface area contributed by atoms with E-state index in [9.17, 15) is 0 Å². The number of benzene rings is 8. The van der Waals surface area contributed by atoms with Crippen molar-refractivity contribution in [2.45, 2.75) is 0 Å². The van der Waals surface area contributed by atoms with Gasteiger partial charge in [-0.3, -0.25) is 0 Å². The Balaban J connectivity index is 1.21. The SMILES string of the molecule is c1ccc(-c2c3ccccc3c(-c3ccc(-n4c5ccccc5c5cc6c(cc54)oc4ccccc46)cc3)c3ccccc23)cc1. The van der Waals surface area contributed by atoms with Crippen molar-refractivity contribution in [3.8, 4) is 27.9 Å². The Labute approximate surface area is 265 Å². The summed E-state index contributed by atoms with van der Waals surface area (Å²) in [5.74, 6) is 0. The lowest BCUT2D eigenvalue weighted by Crippen LogP contribution is -1.94. The summed E-state index contributed by atoms with van der Waals surface area (Å²) in [5.41, 5.74) is 10.3. The van der Waals surface area contributed by atoms with Crippen LogP contribution in [0.3, 0.4) is 0 Å². The molecule has 2 nitrogen and oxygen atoms in total. The van der Waals surface area contributed by atoms with Gasteiger partial charge in [0.05, 0.1) is 11.0 Å². The maximum atomic E-state index is 6.33. The summed E-state index contributed by atoms with van der Waals surface area (Å²) in [6, 6.07) is 59.0. The molecule has 0 atom stereocenters. The number of furan rings is 1. The minimum Gasteiger partial charge on any atom is -0.456 e. The van der Waals surface area contributed by atoms with Gasteiger partial charge in [-0.1, -0.05) is 127 Å². The van der Waals surface area contributed by atoms with Crippen LogP contribution in [0.1, 0.15) is 0 Å². The summed E-state index contributed by atoms with van der Waals surface area (Å²) in [6.07, 6.45) is 0. The third kappa shape index (κ3) is 3.59. The summed E-state index contributed by atoms with van der Waals surface area (Å²) < 4.78 is 8.71. The van der Waals surface area contributed by atoms with Crippen molar-refractivity contribution >= 4 is 65.3 Å². The van der Waals surface area contributed by atoms with Gasteiger partial charge < -0.3 is 8.98 Å². The van der Waals surface area contributed by atoms with Gasteiger partial charge in [-0.25, -0.2) is 0 Å². The first-order valence-corrected chi connectivity index (χ1v) is 15.8. The van der Waals surface area contributed by atoms with E-state index in [1.807, 2.05) is 12.1 Å². The molecule has 0 radical (unpaired) electrons. The summed E-state index contributed by atoms with van der Waals surface area (Å²) in [6.45, 7) is 0. The van der Waals surface area contributed by atoms with Crippen LogP contribution in [0, 0.1) is 0 Å². The van der Waals surface area contributed by atoms with Gasteiger partial charge in [0.1, 0.15) is 11.2 Å². The summed E-state index contributed by atoms with van der Waals surface area (Å²) in [7, 11) is 0. The molecule has 0 fully saturated rings. The number of rotatable bonds is 3. The molecule has 0 amide bonds. The molecule has 2 heteroatoms. The second-order valence-electron chi connectivity index (χ2n) is 12.1. The molecule has 0 aliphatic heterocycles. The maximum Gasteiger partial charge on any atom is 0.137 e. The average Bonchev–Trinajstić information content (AvgIpc) is 3.65. The molecule has 0 saturated carbocycles. The first kappa shape index (κ1) is 25.2. The Morgan fingerprint density at radius 3 is 1.50 bits per heavy atom. The van der Waals surface area contributed by atoms with E-state index < -0.39 is 0 Å². The summed E-state index contributed by atoms with van der Waals surface area (Å²) >= 11 is 0. The third-order valence-electron chi connectivity index (χ3n) is 9.58. The number of hydrogen-bond donors (Lipinski definition) is 0. The van der Waals surface area contributed by atoms with Crippen LogP contribution in [0.25, 0.3) is 93.2 Å². The fraction of sp³-hybridized carbons (Fsp3) is 0. The number of para-hydroxylation sites is 2. The van der Waals surface area contributed by atoms with Gasteiger partial charge in [0.25, 0.3) is 0 Å². The van der Waals surface area contributed by atoms with Crippen molar-refractivity contribution in [3.63, 3.8) is 0 Å². The minimum absolute atomic E-state index is 0.908.